The lowest BCUT2D eigenvalue weighted by atomic mass is 10.1. The molecule has 3 heteroatoms. The third-order valence-electron chi connectivity index (χ3n) is 5.31. The van der Waals surface area contributed by atoms with E-state index in [1.807, 2.05) is 6.92 Å². The molecule has 0 aliphatic heterocycles. The summed E-state index contributed by atoms with van der Waals surface area (Å²) in [6.07, 6.45) is 7.08. The van der Waals surface area contributed by atoms with Crippen LogP contribution in [0.1, 0.15) is 41.0 Å². The first-order chi connectivity index (χ1) is 13.8. The van der Waals surface area contributed by atoms with Gasteiger partial charge in [-0.2, -0.15) is 0 Å². The Labute approximate surface area is 178 Å². The zero-order valence-electron chi connectivity index (χ0n) is 18.6. The molecule has 2 aromatic carbocycles. The van der Waals surface area contributed by atoms with E-state index in [-0.39, 0.29) is 11.6 Å². The van der Waals surface area contributed by atoms with E-state index in [0.717, 1.165) is 6.42 Å². The quantitative estimate of drug-likeness (QED) is 0.463. The summed E-state index contributed by atoms with van der Waals surface area (Å²) in [5.41, 5.74) is 1.18. The van der Waals surface area contributed by atoms with Gasteiger partial charge >= 0.3 is 0 Å². The second-order valence-corrected chi connectivity index (χ2v) is 13.1. The van der Waals surface area contributed by atoms with E-state index in [4.69, 9.17) is 9.53 Å². The highest BCUT2D eigenvalue weighted by Gasteiger charge is 2.50. The summed E-state index contributed by atoms with van der Waals surface area (Å²) in [6, 6.07) is 21.5. The lowest BCUT2D eigenvalue weighted by Crippen LogP contribution is -2.66. The molecule has 0 radical (unpaired) electrons. The second kappa shape index (κ2) is 10.7. The molecule has 0 saturated carbocycles. The van der Waals surface area contributed by atoms with E-state index in [0.29, 0.717) is 12.5 Å². The fourth-order valence-corrected chi connectivity index (χ4v) is 8.41. The Morgan fingerprint density at radius 2 is 1.52 bits per heavy atom. The molecule has 0 saturated heterocycles. The summed E-state index contributed by atoms with van der Waals surface area (Å²) >= 11 is 0. The Bertz CT molecular complexity index is 749. The molecular weight excluding hydrogens is 372 g/mol. The normalized spacial score (nSPS) is 14.3. The first-order valence-electron chi connectivity index (χ1n) is 10.5. The van der Waals surface area contributed by atoms with E-state index in [1.54, 1.807) is 0 Å². The van der Waals surface area contributed by atoms with Crippen LogP contribution in [-0.4, -0.2) is 26.6 Å². The monoisotopic (exact) mass is 408 g/mol. The number of aliphatic hydroxyl groups excluding tert-OH is 1. The Kier molecular flexibility index (Phi) is 8.63. The van der Waals surface area contributed by atoms with E-state index in [9.17, 15) is 0 Å². The first-order valence-corrected chi connectivity index (χ1v) is 12.4. The molecule has 0 spiro atoms. The lowest BCUT2D eigenvalue weighted by Gasteiger charge is -2.43. The van der Waals surface area contributed by atoms with Crippen molar-refractivity contribution < 1.29 is 9.53 Å². The SMILES string of the molecule is C/C(=C/C=C/[C@H](C)CO[Si](c1ccccc1)(c1ccccc1)C(C)(C)C)CCO. The third kappa shape index (κ3) is 6.02. The van der Waals surface area contributed by atoms with Gasteiger partial charge in [0.1, 0.15) is 0 Å². The summed E-state index contributed by atoms with van der Waals surface area (Å²) in [4.78, 5) is 0. The van der Waals surface area contributed by atoms with Crippen molar-refractivity contribution >= 4 is 18.7 Å². The highest BCUT2D eigenvalue weighted by atomic mass is 28.4. The van der Waals surface area contributed by atoms with Gasteiger partial charge in [0.2, 0.25) is 0 Å². The van der Waals surface area contributed by atoms with Crippen LogP contribution in [0.15, 0.2) is 84.5 Å². The van der Waals surface area contributed by atoms with Crippen molar-refractivity contribution in [2.45, 2.75) is 46.1 Å². The fourth-order valence-electron chi connectivity index (χ4n) is 3.74. The second-order valence-electron chi connectivity index (χ2n) is 8.82. The standard InChI is InChI=1S/C26H36O2Si/c1-22(19-20-27)13-12-14-23(2)21-28-29(26(3,4)5,24-15-8-6-9-16-24)25-17-10-7-11-18-25/h6-18,23,27H,19-21H2,1-5H3/b14-12+,22-13-/t23-/m0/s1. The number of rotatable bonds is 9. The highest BCUT2D eigenvalue weighted by Crippen LogP contribution is 2.37. The Balaban J connectivity index is 2.34. The van der Waals surface area contributed by atoms with Crippen LogP contribution in [0.3, 0.4) is 0 Å². The van der Waals surface area contributed by atoms with Gasteiger partial charge in [0, 0.05) is 13.2 Å². The summed E-state index contributed by atoms with van der Waals surface area (Å²) in [7, 11) is -2.47. The van der Waals surface area contributed by atoms with Gasteiger partial charge in [-0.25, -0.2) is 0 Å². The molecule has 0 amide bonds. The first kappa shape index (κ1) is 23.3. The van der Waals surface area contributed by atoms with Crippen molar-refractivity contribution in [3.8, 4) is 0 Å². The molecule has 0 unspecified atom stereocenters. The van der Waals surface area contributed by atoms with Gasteiger partial charge < -0.3 is 9.53 Å². The molecule has 29 heavy (non-hydrogen) atoms. The molecule has 2 aromatic rings. The van der Waals surface area contributed by atoms with Crippen molar-refractivity contribution in [2.75, 3.05) is 13.2 Å². The van der Waals surface area contributed by atoms with Crippen molar-refractivity contribution in [2.24, 2.45) is 5.92 Å². The van der Waals surface area contributed by atoms with Crippen LogP contribution >= 0.6 is 0 Å². The molecule has 1 atom stereocenters. The number of hydrogen-bond acceptors (Lipinski definition) is 2. The molecule has 2 rings (SSSR count). The average Bonchev–Trinajstić information content (AvgIpc) is 2.69. The zero-order chi connectivity index (χ0) is 21.3. The van der Waals surface area contributed by atoms with Gasteiger partial charge in [0.15, 0.2) is 0 Å². The zero-order valence-corrected chi connectivity index (χ0v) is 19.6. The molecule has 0 aliphatic rings. The summed E-state index contributed by atoms with van der Waals surface area (Å²) in [6.45, 7) is 12.0. The predicted octanol–water partition coefficient (Wildman–Crippen LogP) is 5.08. The van der Waals surface area contributed by atoms with E-state index >= 15 is 0 Å². The molecule has 0 fully saturated rings. The van der Waals surface area contributed by atoms with Gasteiger partial charge in [-0.05, 0) is 34.7 Å². The van der Waals surface area contributed by atoms with Crippen molar-refractivity contribution in [1.29, 1.82) is 0 Å². The van der Waals surface area contributed by atoms with E-state index in [1.165, 1.54) is 15.9 Å². The minimum absolute atomic E-state index is 0.00322. The number of benzene rings is 2. The lowest BCUT2D eigenvalue weighted by molar-refractivity contribution is 0.268. The van der Waals surface area contributed by atoms with Crippen LogP contribution in [0.5, 0.6) is 0 Å². The number of aliphatic hydroxyl groups is 1. The molecule has 2 nitrogen and oxygen atoms in total. The van der Waals surface area contributed by atoms with E-state index in [2.05, 4.69) is 107 Å². The molecule has 0 bridgehead atoms. The van der Waals surface area contributed by atoms with Crippen LogP contribution < -0.4 is 10.4 Å². The fraction of sp³-hybridized carbons (Fsp3) is 0.385. The van der Waals surface area contributed by atoms with Crippen molar-refractivity contribution in [3.63, 3.8) is 0 Å². The summed E-state index contributed by atoms with van der Waals surface area (Å²) in [5, 5.41) is 11.7. The van der Waals surface area contributed by atoms with Crippen LogP contribution in [0, 0.1) is 5.92 Å². The summed E-state index contributed by atoms with van der Waals surface area (Å²) < 4.78 is 6.96. The molecule has 156 valence electrons. The maximum absolute atomic E-state index is 9.03. The average molecular weight is 409 g/mol. The smallest absolute Gasteiger partial charge is 0.261 e. The molecule has 0 heterocycles. The van der Waals surface area contributed by atoms with Crippen molar-refractivity contribution in [3.05, 3.63) is 84.5 Å². The minimum Gasteiger partial charge on any atom is -0.407 e. The molecule has 1 N–H and O–H groups in total. The Morgan fingerprint density at radius 1 is 1.00 bits per heavy atom. The highest BCUT2D eigenvalue weighted by molar-refractivity contribution is 6.99. The maximum atomic E-state index is 9.03. The maximum Gasteiger partial charge on any atom is 0.261 e. The molecular formula is C26H36O2Si. The van der Waals surface area contributed by atoms with Crippen LogP contribution in [-0.2, 0) is 4.43 Å². The van der Waals surface area contributed by atoms with Crippen LogP contribution in [0.4, 0.5) is 0 Å². The minimum atomic E-state index is -2.47. The predicted molar refractivity (Wildman–Crippen MR) is 127 cm³/mol. The Morgan fingerprint density at radius 3 is 1.97 bits per heavy atom. The summed E-state index contributed by atoms with van der Waals surface area (Å²) in [5.74, 6) is 0.301. The number of allylic oxidation sites excluding steroid dienone is 2. The van der Waals surface area contributed by atoms with Gasteiger partial charge in [-0.15, -0.1) is 0 Å². The largest absolute Gasteiger partial charge is 0.407 e. The topological polar surface area (TPSA) is 29.5 Å². The van der Waals surface area contributed by atoms with Gasteiger partial charge in [-0.3, -0.25) is 0 Å². The van der Waals surface area contributed by atoms with Crippen LogP contribution in [0.2, 0.25) is 5.04 Å². The van der Waals surface area contributed by atoms with Gasteiger partial charge in [0.25, 0.3) is 8.32 Å². The number of hydrogen-bond donors (Lipinski definition) is 1. The molecule has 0 aromatic heterocycles. The van der Waals surface area contributed by atoms with Gasteiger partial charge in [-0.1, -0.05) is 112 Å². The molecule has 0 aliphatic carbocycles. The Hall–Kier alpha value is -1.94. The third-order valence-corrected chi connectivity index (χ3v) is 10.3. The van der Waals surface area contributed by atoms with Crippen LogP contribution in [0.25, 0.3) is 0 Å². The van der Waals surface area contributed by atoms with E-state index < -0.39 is 8.32 Å². The van der Waals surface area contributed by atoms with Crippen molar-refractivity contribution in [1.82, 2.24) is 0 Å². The van der Waals surface area contributed by atoms with Gasteiger partial charge in [0.05, 0.1) is 0 Å².